The Morgan fingerprint density at radius 1 is 0.735 bits per heavy atom. The summed E-state index contributed by atoms with van der Waals surface area (Å²) in [7, 11) is -7.29. The molecule has 2 rings (SSSR count). The van der Waals surface area contributed by atoms with Crippen molar-refractivity contribution in [2.45, 2.75) is 94.5 Å². The van der Waals surface area contributed by atoms with Crippen LogP contribution in [0.1, 0.15) is 72.6 Å². The summed E-state index contributed by atoms with van der Waals surface area (Å²) in [5, 5.41) is 4.03. The number of nitrogens with one attached hydrogen (secondary N) is 2. The zero-order valence-electron chi connectivity index (χ0n) is 28.5. The number of hydrogen-bond acceptors (Lipinski definition) is 12. The first-order chi connectivity index (χ1) is 23.0. The quantitative estimate of drug-likeness (QED) is 0.0627. The first-order valence-electron chi connectivity index (χ1n) is 16.3. The van der Waals surface area contributed by atoms with Gasteiger partial charge in [0.2, 0.25) is 35.4 Å². The second-order valence-electron chi connectivity index (χ2n) is 12.1. The van der Waals surface area contributed by atoms with Gasteiger partial charge in [-0.25, -0.2) is 0 Å². The van der Waals surface area contributed by atoms with E-state index in [0.29, 0.717) is 31.6 Å². The highest BCUT2D eigenvalue weighted by Crippen LogP contribution is 2.47. The summed E-state index contributed by atoms with van der Waals surface area (Å²) in [6, 6.07) is 0. The standard InChI is InChI=1S/C29H50N4O12P2S2/c1-20(2)46(40,41)44-14-7-5-6-10-30-24(34)8-16-48-22-18-26(36)32(28(22)38)12-13-33-27(37)19-23(29(33)39)49-17-9-25(35)31-11-15-45-47(42,43)21(3)4/h20-23H,5-19H2,1-4H3,(H,30,34)(H,31,35)(H,40,41)(H,42,43). The molecule has 0 aliphatic carbocycles. The summed E-state index contributed by atoms with van der Waals surface area (Å²) < 4.78 is 33.5. The molecule has 2 fully saturated rings. The molecule has 2 heterocycles. The molecule has 0 spiro atoms. The molecule has 0 aromatic rings. The van der Waals surface area contributed by atoms with Crippen LogP contribution in [0.5, 0.6) is 0 Å². The largest absolute Gasteiger partial charge is 0.356 e. The van der Waals surface area contributed by atoms with Crippen molar-refractivity contribution in [2.24, 2.45) is 0 Å². The minimum Gasteiger partial charge on any atom is -0.356 e. The molecule has 4 unspecified atom stereocenters. The number of nitrogens with zero attached hydrogens (tertiary/aromatic N) is 2. The Morgan fingerprint density at radius 3 is 1.61 bits per heavy atom. The van der Waals surface area contributed by atoms with Crippen molar-refractivity contribution in [1.82, 2.24) is 20.4 Å². The maximum absolute atomic E-state index is 12.9. The van der Waals surface area contributed by atoms with Crippen LogP contribution in [0.15, 0.2) is 0 Å². The fourth-order valence-electron chi connectivity index (χ4n) is 4.49. The average Bonchev–Trinajstić information content (AvgIpc) is 3.44. The van der Waals surface area contributed by atoms with Crippen molar-refractivity contribution < 1.29 is 56.7 Å². The molecule has 0 aromatic heterocycles. The number of likely N-dealkylation sites (tertiary alicyclic amines) is 2. The van der Waals surface area contributed by atoms with Gasteiger partial charge in [0.25, 0.3) is 0 Å². The van der Waals surface area contributed by atoms with Crippen LogP contribution >= 0.6 is 38.7 Å². The second-order valence-corrected chi connectivity index (χ2v) is 19.6. The first kappa shape index (κ1) is 43.4. The van der Waals surface area contributed by atoms with Crippen molar-refractivity contribution in [3.63, 3.8) is 0 Å². The van der Waals surface area contributed by atoms with Crippen molar-refractivity contribution in [3.8, 4) is 0 Å². The van der Waals surface area contributed by atoms with Gasteiger partial charge in [0.05, 0.1) is 35.0 Å². The predicted molar refractivity (Wildman–Crippen MR) is 186 cm³/mol. The maximum Gasteiger partial charge on any atom is 0.330 e. The molecule has 0 radical (unpaired) electrons. The summed E-state index contributed by atoms with van der Waals surface area (Å²) >= 11 is 2.37. The number of hydrogen-bond donors (Lipinski definition) is 4. The third-order valence-electron chi connectivity index (χ3n) is 7.67. The minimum atomic E-state index is -3.72. The lowest BCUT2D eigenvalue weighted by atomic mass is 10.2. The fraction of sp³-hybridized carbons (Fsp3) is 0.793. The van der Waals surface area contributed by atoms with Crippen molar-refractivity contribution >= 4 is 74.2 Å². The molecule has 16 nitrogen and oxygen atoms in total. The Bertz CT molecular complexity index is 1290. The van der Waals surface area contributed by atoms with Gasteiger partial charge in [0, 0.05) is 63.4 Å². The molecule has 4 N–H and O–H groups in total. The number of carbonyl (C=O) groups excluding carboxylic acids is 6. The minimum absolute atomic E-state index is 0.0314. The van der Waals surface area contributed by atoms with E-state index in [1.165, 1.54) is 11.8 Å². The molecule has 2 aliphatic heterocycles. The molecule has 0 saturated carbocycles. The van der Waals surface area contributed by atoms with E-state index in [0.717, 1.165) is 21.6 Å². The highest BCUT2D eigenvalue weighted by Gasteiger charge is 2.42. The Hall–Kier alpha value is -1.78. The molecule has 280 valence electrons. The molecule has 49 heavy (non-hydrogen) atoms. The number of unbranched alkanes of at least 4 members (excludes halogenated alkanes) is 2. The Kier molecular flexibility index (Phi) is 18.5. The molecular formula is C29H50N4O12P2S2. The van der Waals surface area contributed by atoms with E-state index in [1.54, 1.807) is 27.7 Å². The smallest absolute Gasteiger partial charge is 0.330 e. The summed E-state index contributed by atoms with van der Waals surface area (Å²) in [4.78, 5) is 96.4. The average molecular weight is 773 g/mol. The van der Waals surface area contributed by atoms with E-state index in [2.05, 4.69) is 10.6 Å². The van der Waals surface area contributed by atoms with E-state index >= 15 is 0 Å². The Labute approximate surface area is 296 Å². The van der Waals surface area contributed by atoms with E-state index in [9.17, 15) is 47.7 Å². The predicted octanol–water partition coefficient (Wildman–Crippen LogP) is 2.11. The zero-order chi connectivity index (χ0) is 36.8. The third-order valence-corrected chi connectivity index (χ3v) is 13.8. The van der Waals surface area contributed by atoms with Gasteiger partial charge in [-0.3, -0.25) is 47.7 Å². The first-order valence-corrected chi connectivity index (χ1v) is 21.7. The van der Waals surface area contributed by atoms with Crippen LogP contribution in [0.4, 0.5) is 0 Å². The van der Waals surface area contributed by atoms with Crippen molar-refractivity contribution in [1.29, 1.82) is 0 Å². The molecule has 2 aliphatic rings. The topological polar surface area (TPSA) is 226 Å². The Balaban J connectivity index is 1.62. The fourth-order valence-corrected chi connectivity index (χ4v) is 8.07. The van der Waals surface area contributed by atoms with Gasteiger partial charge < -0.3 is 29.5 Å². The van der Waals surface area contributed by atoms with Crippen LogP contribution in [0.2, 0.25) is 0 Å². The van der Waals surface area contributed by atoms with Crippen LogP contribution in [0.3, 0.4) is 0 Å². The molecule has 20 heteroatoms. The van der Waals surface area contributed by atoms with Crippen LogP contribution in [-0.2, 0) is 46.9 Å². The number of amides is 6. The van der Waals surface area contributed by atoms with Crippen molar-refractivity contribution in [2.75, 3.05) is 50.9 Å². The van der Waals surface area contributed by atoms with Gasteiger partial charge in [-0.05, 0) is 19.3 Å². The zero-order valence-corrected chi connectivity index (χ0v) is 31.9. The highest BCUT2D eigenvalue weighted by molar-refractivity contribution is 8.00. The van der Waals surface area contributed by atoms with Crippen molar-refractivity contribution in [3.05, 3.63) is 0 Å². The summed E-state index contributed by atoms with van der Waals surface area (Å²) in [6.07, 6.45) is 2.12. The number of carbonyl (C=O) groups is 6. The summed E-state index contributed by atoms with van der Waals surface area (Å²) in [5.74, 6) is -1.63. The lowest BCUT2D eigenvalue weighted by molar-refractivity contribution is -0.143. The van der Waals surface area contributed by atoms with E-state index in [-0.39, 0.29) is 76.1 Å². The normalized spacial score (nSPS) is 20.7. The second kappa shape index (κ2) is 20.9. The summed E-state index contributed by atoms with van der Waals surface area (Å²) in [6.45, 7) is 6.65. The van der Waals surface area contributed by atoms with E-state index < -0.39 is 60.6 Å². The van der Waals surface area contributed by atoms with E-state index in [4.69, 9.17) is 9.05 Å². The maximum atomic E-state index is 12.9. The van der Waals surface area contributed by atoms with Gasteiger partial charge in [-0.1, -0.05) is 27.7 Å². The monoisotopic (exact) mass is 772 g/mol. The van der Waals surface area contributed by atoms with Gasteiger partial charge in [-0.2, -0.15) is 0 Å². The third kappa shape index (κ3) is 14.8. The Morgan fingerprint density at radius 2 is 1.16 bits per heavy atom. The van der Waals surface area contributed by atoms with Crippen LogP contribution in [-0.4, -0.2) is 128 Å². The molecule has 4 atom stereocenters. The van der Waals surface area contributed by atoms with Gasteiger partial charge in [0.15, 0.2) is 0 Å². The highest BCUT2D eigenvalue weighted by atomic mass is 32.2. The molecule has 0 bridgehead atoms. The number of thioether (sulfide) groups is 2. The SMILES string of the molecule is CC(C)P(=O)(O)OCCCCCNC(=O)CCSC1CC(=O)N(CCN2C(=O)CC(SCCC(=O)NCCOP(=O)(O)C(C)C)C2=O)C1=O. The van der Waals surface area contributed by atoms with Crippen LogP contribution in [0, 0.1) is 0 Å². The molecule has 6 amide bonds. The van der Waals surface area contributed by atoms with Crippen LogP contribution < -0.4 is 10.6 Å². The summed E-state index contributed by atoms with van der Waals surface area (Å²) in [5.41, 5.74) is -1.02. The van der Waals surface area contributed by atoms with Gasteiger partial charge >= 0.3 is 15.2 Å². The molecular weight excluding hydrogens is 722 g/mol. The number of rotatable bonds is 24. The number of imide groups is 2. The van der Waals surface area contributed by atoms with Gasteiger partial charge in [-0.15, -0.1) is 23.5 Å². The molecule has 2 saturated heterocycles. The lowest BCUT2D eigenvalue weighted by Gasteiger charge is -2.20. The lowest BCUT2D eigenvalue weighted by Crippen LogP contribution is -2.41. The van der Waals surface area contributed by atoms with Crippen LogP contribution in [0.25, 0.3) is 0 Å². The molecule has 0 aromatic carbocycles. The van der Waals surface area contributed by atoms with E-state index in [1.807, 2.05) is 0 Å². The van der Waals surface area contributed by atoms with Gasteiger partial charge in [0.1, 0.15) is 0 Å².